The second kappa shape index (κ2) is 20.5. The average Bonchev–Trinajstić information content (AvgIpc) is 3.27. The van der Waals surface area contributed by atoms with Crippen molar-refractivity contribution in [2.75, 3.05) is 19.6 Å². The van der Waals surface area contributed by atoms with Gasteiger partial charge in [0.15, 0.2) is 0 Å². The van der Waals surface area contributed by atoms with Gasteiger partial charge in [-0.05, 0) is 165 Å². The number of nitrogens with zero attached hydrogens (tertiary/aromatic N) is 4. The summed E-state index contributed by atoms with van der Waals surface area (Å²) in [4.78, 5) is 9.65. The van der Waals surface area contributed by atoms with Crippen LogP contribution in [0.1, 0.15) is 25.0 Å². The van der Waals surface area contributed by atoms with Gasteiger partial charge >= 0.3 is 0 Å². The van der Waals surface area contributed by atoms with E-state index < -0.39 is 0 Å². The largest absolute Gasteiger partial charge is 0.310 e. The van der Waals surface area contributed by atoms with Crippen molar-refractivity contribution < 1.29 is 0 Å². The van der Waals surface area contributed by atoms with E-state index in [1.165, 1.54) is 65.3 Å². The quantitative estimate of drug-likeness (QED) is 0.121. The fourth-order valence-electron chi connectivity index (χ4n) is 13.0. The SMILES string of the molecule is CC1(C)c2cc(N(c3ccc(N(c4ccccc4)c4cccc5ccccc45)cc3)c3cccc4ccccc34)ccc2-c2ccc(N(c3ccc(N(c4ccccc4)c4cccc5ccccc45)cc3)c3cccc4ccccc34)cc21. The first-order chi connectivity index (χ1) is 40.9. The van der Waals surface area contributed by atoms with Gasteiger partial charge in [0.2, 0.25) is 0 Å². The third-order valence-corrected chi connectivity index (χ3v) is 17.0. The normalized spacial score (nSPS) is 12.3. The van der Waals surface area contributed by atoms with Crippen molar-refractivity contribution >= 4 is 111 Å². The van der Waals surface area contributed by atoms with Gasteiger partial charge < -0.3 is 19.6 Å². The van der Waals surface area contributed by atoms with Crippen molar-refractivity contribution in [2.24, 2.45) is 0 Å². The van der Waals surface area contributed by atoms with Gasteiger partial charge in [0.1, 0.15) is 0 Å². The van der Waals surface area contributed by atoms with Crippen molar-refractivity contribution in [2.45, 2.75) is 19.3 Å². The fraction of sp³-hybridized carbons (Fsp3) is 0.0380. The molecule has 0 unspecified atom stereocenters. The third-order valence-electron chi connectivity index (χ3n) is 17.0. The summed E-state index contributed by atoms with van der Waals surface area (Å²) in [7, 11) is 0. The van der Waals surface area contributed by atoms with E-state index in [9.17, 15) is 0 Å². The van der Waals surface area contributed by atoms with Crippen LogP contribution in [0.4, 0.5) is 68.2 Å². The number of benzene rings is 14. The molecule has 4 nitrogen and oxygen atoms in total. The Labute approximate surface area is 485 Å². The Morgan fingerprint density at radius 3 is 0.735 bits per heavy atom. The first kappa shape index (κ1) is 49.4. The zero-order valence-electron chi connectivity index (χ0n) is 46.3. The molecular formula is C79H58N4. The van der Waals surface area contributed by atoms with Crippen LogP contribution in [0.25, 0.3) is 54.2 Å². The Hall–Kier alpha value is -10.7. The highest BCUT2D eigenvalue weighted by Gasteiger charge is 2.37. The van der Waals surface area contributed by atoms with Gasteiger partial charge in [-0.25, -0.2) is 0 Å². The Morgan fingerprint density at radius 2 is 0.434 bits per heavy atom. The maximum atomic E-state index is 2.45. The van der Waals surface area contributed by atoms with E-state index in [-0.39, 0.29) is 5.41 Å². The van der Waals surface area contributed by atoms with Crippen LogP contribution in [0.3, 0.4) is 0 Å². The lowest BCUT2D eigenvalue weighted by Gasteiger charge is -2.31. The maximum absolute atomic E-state index is 2.45. The molecular weight excluding hydrogens is 1000 g/mol. The molecule has 0 spiro atoms. The van der Waals surface area contributed by atoms with E-state index >= 15 is 0 Å². The van der Waals surface area contributed by atoms with Gasteiger partial charge in [0, 0.05) is 72.5 Å². The monoisotopic (exact) mass is 1060 g/mol. The van der Waals surface area contributed by atoms with E-state index in [1.807, 2.05) is 0 Å². The van der Waals surface area contributed by atoms with Crippen LogP contribution >= 0.6 is 0 Å². The molecule has 14 aromatic carbocycles. The molecule has 83 heavy (non-hydrogen) atoms. The third kappa shape index (κ3) is 8.63. The van der Waals surface area contributed by atoms with Crippen LogP contribution in [-0.2, 0) is 5.41 Å². The summed E-state index contributed by atoms with van der Waals surface area (Å²) in [5, 5.41) is 9.60. The number of anilines is 12. The highest BCUT2D eigenvalue weighted by molar-refractivity contribution is 6.04. The summed E-state index contributed by atoms with van der Waals surface area (Å²) < 4.78 is 0. The Bertz CT molecular complexity index is 4400. The van der Waals surface area contributed by atoms with Crippen LogP contribution in [0.5, 0.6) is 0 Å². The fourth-order valence-corrected chi connectivity index (χ4v) is 13.0. The van der Waals surface area contributed by atoms with E-state index in [4.69, 9.17) is 0 Å². The smallest absolute Gasteiger partial charge is 0.0540 e. The Balaban J connectivity index is 0.833. The summed E-state index contributed by atoms with van der Waals surface area (Å²) >= 11 is 0. The first-order valence-corrected chi connectivity index (χ1v) is 28.7. The van der Waals surface area contributed by atoms with E-state index in [2.05, 4.69) is 349 Å². The number of hydrogen-bond donors (Lipinski definition) is 0. The van der Waals surface area contributed by atoms with Crippen molar-refractivity contribution in [3.63, 3.8) is 0 Å². The highest BCUT2D eigenvalue weighted by atomic mass is 15.2. The summed E-state index contributed by atoms with van der Waals surface area (Å²) in [6.07, 6.45) is 0. The van der Waals surface area contributed by atoms with Gasteiger partial charge in [-0.15, -0.1) is 0 Å². The molecule has 15 rings (SSSR count). The summed E-state index contributed by atoms with van der Waals surface area (Å²) in [6.45, 7) is 4.80. The standard InChI is InChI=1S/C79H58N4/c1-79(2)73-53-65(82(77-39-19-27-57-23-11-15-35-69(57)77)63-45-41-61(42-46-63)80(59-29-5-3-6-30-59)75-37-17-25-55-21-9-13-33-67(55)75)49-51-71(73)72-52-50-66(54-74(72)79)83(78-40-20-28-58-24-12-16-36-70(58)78)64-47-43-62(44-48-64)81(60-31-7-4-8-32-60)76-38-18-26-56-22-10-14-34-68(56)76/h3-54H,1-2H3. The summed E-state index contributed by atoms with van der Waals surface area (Å²) in [5.41, 5.74) is 18.0. The molecule has 0 aliphatic heterocycles. The molecule has 0 amide bonds. The Morgan fingerprint density at radius 1 is 0.205 bits per heavy atom. The van der Waals surface area contributed by atoms with Gasteiger partial charge in [-0.2, -0.15) is 0 Å². The predicted molar refractivity (Wildman–Crippen MR) is 353 cm³/mol. The molecule has 4 heteroatoms. The molecule has 0 fully saturated rings. The predicted octanol–water partition coefficient (Wildman–Crippen LogP) is 22.5. The van der Waals surface area contributed by atoms with Crippen molar-refractivity contribution in [1.82, 2.24) is 0 Å². The zero-order chi connectivity index (χ0) is 55.4. The highest BCUT2D eigenvalue weighted by Crippen LogP contribution is 2.54. The van der Waals surface area contributed by atoms with Crippen LogP contribution in [0.15, 0.2) is 315 Å². The molecule has 1 aliphatic rings. The number of rotatable bonds is 12. The minimum atomic E-state index is -0.345. The van der Waals surface area contributed by atoms with Gasteiger partial charge in [-0.1, -0.05) is 208 Å². The minimum Gasteiger partial charge on any atom is -0.310 e. The van der Waals surface area contributed by atoms with Crippen LogP contribution in [0.2, 0.25) is 0 Å². The van der Waals surface area contributed by atoms with E-state index in [1.54, 1.807) is 0 Å². The molecule has 0 saturated carbocycles. The number of fused-ring (bicyclic) bond motifs is 7. The lowest BCUT2D eigenvalue weighted by atomic mass is 9.82. The van der Waals surface area contributed by atoms with Crippen molar-refractivity contribution in [1.29, 1.82) is 0 Å². The molecule has 0 atom stereocenters. The zero-order valence-corrected chi connectivity index (χ0v) is 46.3. The van der Waals surface area contributed by atoms with Crippen molar-refractivity contribution in [3.05, 3.63) is 327 Å². The van der Waals surface area contributed by atoms with Gasteiger partial charge in [0.05, 0.1) is 22.7 Å². The van der Waals surface area contributed by atoms with Crippen LogP contribution < -0.4 is 19.6 Å². The topological polar surface area (TPSA) is 13.0 Å². The summed E-state index contributed by atoms with van der Waals surface area (Å²) in [6, 6.07) is 115. The second-order valence-electron chi connectivity index (χ2n) is 22.1. The second-order valence-corrected chi connectivity index (χ2v) is 22.1. The number of para-hydroxylation sites is 2. The van der Waals surface area contributed by atoms with Crippen molar-refractivity contribution in [3.8, 4) is 11.1 Å². The van der Waals surface area contributed by atoms with Crippen LogP contribution in [0, 0.1) is 0 Å². The molecule has 0 radical (unpaired) electrons. The Kier molecular flexibility index (Phi) is 12.2. The van der Waals surface area contributed by atoms with Crippen LogP contribution in [-0.4, -0.2) is 0 Å². The molecule has 0 heterocycles. The van der Waals surface area contributed by atoms with Gasteiger partial charge in [0.25, 0.3) is 0 Å². The minimum absolute atomic E-state index is 0.345. The lowest BCUT2D eigenvalue weighted by molar-refractivity contribution is 0.660. The average molecular weight is 1060 g/mol. The molecule has 1 aliphatic carbocycles. The number of hydrogen-bond acceptors (Lipinski definition) is 4. The molecule has 394 valence electrons. The molecule has 0 aromatic heterocycles. The molecule has 0 N–H and O–H groups in total. The first-order valence-electron chi connectivity index (χ1n) is 28.7. The lowest BCUT2D eigenvalue weighted by Crippen LogP contribution is -2.18. The molecule has 14 aromatic rings. The summed E-state index contributed by atoms with van der Waals surface area (Å²) in [5.74, 6) is 0. The van der Waals surface area contributed by atoms with E-state index in [0.29, 0.717) is 0 Å². The molecule has 0 bridgehead atoms. The van der Waals surface area contributed by atoms with E-state index in [0.717, 1.165) is 68.2 Å². The van der Waals surface area contributed by atoms with Gasteiger partial charge in [-0.3, -0.25) is 0 Å². The maximum Gasteiger partial charge on any atom is 0.0540 e. The molecule has 0 saturated heterocycles.